The van der Waals surface area contributed by atoms with Crippen LogP contribution in [0.2, 0.25) is 0 Å². The molecule has 6 nitrogen and oxygen atoms in total. The first-order chi connectivity index (χ1) is 9.45. The van der Waals surface area contributed by atoms with E-state index in [1.165, 1.54) is 6.07 Å². The van der Waals surface area contributed by atoms with E-state index in [1.54, 1.807) is 25.1 Å². The molecule has 1 aromatic carbocycles. The molecule has 1 heterocycles. The van der Waals surface area contributed by atoms with Crippen molar-refractivity contribution in [2.75, 3.05) is 13.1 Å². The van der Waals surface area contributed by atoms with Crippen LogP contribution in [-0.2, 0) is 11.2 Å². The van der Waals surface area contributed by atoms with Crippen LogP contribution in [0.3, 0.4) is 0 Å². The highest BCUT2D eigenvalue weighted by Gasteiger charge is 2.42. The van der Waals surface area contributed by atoms with Gasteiger partial charge in [0.15, 0.2) is 0 Å². The lowest BCUT2D eigenvalue weighted by molar-refractivity contribution is -0.385. The molecule has 1 aromatic rings. The molecule has 2 rings (SSSR count). The zero-order chi connectivity index (χ0) is 14.8. The number of benzene rings is 1. The van der Waals surface area contributed by atoms with E-state index in [0.717, 1.165) is 13.0 Å². The number of carboxylic acid groups (broad SMARTS) is 1. The number of nitrogens with zero attached hydrogens (tertiary/aromatic N) is 2. The average Bonchev–Trinajstić information content (AvgIpc) is 2.79. The Bertz CT molecular complexity index is 532. The van der Waals surface area contributed by atoms with Gasteiger partial charge in [0.1, 0.15) is 5.54 Å². The molecule has 0 spiro atoms. The maximum absolute atomic E-state index is 11.4. The number of carboxylic acids is 1. The number of carbonyl (C=O) groups is 1. The van der Waals surface area contributed by atoms with E-state index >= 15 is 0 Å². The predicted octanol–water partition coefficient (Wildman–Crippen LogP) is 2.08. The summed E-state index contributed by atoms with van der Waals surface area (Å²) >= 11 is 0. The van der Waals surface area contributed by atoms with Crippen molar-refractivity contribution in [2.24, 2.45) is 0 Å². The minimum atomic E-state index is -0.844. The molecule has 0 amide bonds. The fourth-order valence-corrected chi connectivity index (χ4v) is 2.78. The Morgan fingerprint density at radius 2 is 2.20 bits per heavy atom. The summed E-state index contributed by atoms with van der Waals surface area (Å²) in [6.07, 6.45) is 1.96. The van der Waals surface area contributed by atoms with Gasteiger partial charge >= 0.3 is 5.97 Å². The van der Waals surface area contributed by atoms with Crippen molar-refractivity contribution in [3.63, 3.8) is 0 Å². The molecule has 20 heavy (non-hydrogen) atoms. The normalized spacial score (nSPS) is 22.9. The molecule has 0 bridgehead atoms. The van der Waals surface area contributed by atoms with Crippen molar-refractivity contribution >= 4 is 11.7 Å². The number of likely N-dealkylation sites (tertiary alicyclic amines) is 1. The lowest BCUT2D eigenvalue weighted by atomic mass is 9.98. The standard InChI is InChI=1S/C14H18N2O4/c1-14(13(17)18)8-4-9-15(14)10-7-11-5-2-3-6-12(11)16(19)20/h2-3,5-6H,4,7-10H2,1H3,(H,17,18). The zero-order valence-electron chi connectivity index (χ0n) is 11.4. The third-order valence-corrected chi connectivity index (χ3v) is 4.09. The Morgan fingerprint density at radius 3 is 2.85 bits per heavy atom. The molecule has 0 radical (unpaired) electrons. The molecular weight excluding hydrogens is 260 g/mol. The summed E-state index contributed by atoms with van der Waals surface area (Å²) in [6, 6.07) is 6.61. The van der Waals surface area contributed by atoms with Crippen molar-refractivity contribution in [3.05, 3.63) is 39.9 Å². The second-order valence-electron chi connectivity index (χ2n) is 5.31. The first kappa shape index (κ1) is 14.5. The molecule has 1 fully saturated rings. The molecule has 6 heteroatoms. The predicted molar refractivity (Wildman–Crippen MR) is 73.6 cm³/mol. The SMILES string of the molecule is CC1(C(=O)O)CCCN1CCc1ccccc1[N+](=O)[O-]. The van der Waals surface area contributed by atoms with E-state index in [9.17, 15) is 20.0 Å². The van der Waals surface area contributed by atoms with Crippen LogP contribution in [0.1, 0.15) is 25.3 Å². The van der Waals surface area contributed by atoms with E-state index in [1.807, 2.05) is 4.90 Å². The smallest absolute Gasteiger partial charge is 0.323 e. The molecule has 0 aliphatic carbocycles. The second kappa shape index (κ2) is 5.58. The van der Waals surface area contributed by atoms with Crippen LogP contribution in [0.25, 0.3) is 0 Å². The molecule has 0 aromatic heterocycles. The third-order valence-electron chi connectivity index (χ3n) is 4.09. The van der Waals surface area contributed by atoms with Gasteiger partial charge < -0.3 is 5.11 Å². The third kappa shape index (κ3) is 2.65. The molecule has 1 unspecified atom stereocenters. The van der Waals surface area contributed by atoms with Crippen molar-refractivity contribution in [3.8, 4) is 0 Å². The quantitative estimate of drug-likeness (QED) is 0.658. The van der Waals surface area contributed by atoms with Crippen LogP contribution in [0, 0.1) is 10.1 Å². The monoisotopic (exact) mass is 278 g/mol. The molecular formula is C14H18N2O4. The van der Waals surface area contributed by atoms with Crippen LogP contribution in [0.4, 0.5) is 5.69 Å². The van der Waals surface area contributed by atoms with Crippen molar-refractivity contribution in [2.45, 2.75) is 31.7 Å². The second-order valence-corrected chi connectivity index (χ2v) is 5.31. The largest absolute Gasteiger partial charge is 0.480 e. The van der Waals surface area contributed by atoms with Gasteiger partial charge in [-0.25, -0.2) is 0 Å². The molecule has 0 saturated carbocycles. The molecule has 1 N–H and O–H groups in total. The Morgan fingerprint density at radius 1 is 1.50 bits per heavy atom. The Hall–Kier alpha value is -1.95. The summed E-state index contributed by atoms with van der Waals surface area (Å²) in [5.74, 6) is -0.822. The number of rotatable bonds is 5. The summed E-state index contributed by atoms with van der Waals surface area (Å²) in [5, 5.41) is 20.3. The Balaban J connectivity index is 2.10. The zero-order valence-corrected chi connectivity index (χ0v) is 11.4. The summed E-state index contributed by atoms with van der Waals surface area (Å²) < 4.78 is 0. The molecule has 1 aliphatic rings. The Labute approximate surface area is 117 Å². The van der Waals surface area contributed by atoms with Crippen LogP contribution in [-0.4, -0.2) is 39.5 Å². The number of aliphatic carboxylic acids is 1. The summed E-state index contributed by atoms with van der Waals surface area (Å²) in [6.45, 7) is 2.97. The van der Waals surface area contributed by atoms with Gasteiger partial charge in [-0.15, -0.1) is 0 Å². The van der Waals surface area contributed by atoms with E-state index in [0.29, 0.717) is 24.9 Å². The van der Waals surface area contributed by atoms with Crippen LogP contribution < -0.4 is 0 Å². The van der Waals surface area contributed by atoms with Gasteiger partial charge in [-0.2, -0.15) is 0 Å². The highest BCUT2D eigenvalue weighted by atomic mass is 16.6. The van der Waals surface area contributed by atoms with Gasteiger partial charge in [-0.1, -0.05) is 18.2 Å². The van der Waals surface area contributed by atoms with Gasteiger partial charge in [0.25, 0.3) is 5.69 Å². The lowest BCUT2D eigenvalue weighted by Crippen LogP contribution is -2.48. The maximum atomic E-state index is 11.4. The molecule has 108 valence electrons. The lowest BCUT2D eigenvalue weighted by Gasteiger charge is -2.31. The van der Waals surface area contributed by atoms with Gasteiger partial charge in [0.05, 0.1) is 4.92 Å². The number of para-hydroxylation sites is 1. The van der Waals surface area contributed by atoms with Crippen LogP contribution in [0.15, 0.2) is 24.3 Å². The van der Waals surface area contributed by atoms with Gasteiger partial charge in [-0.3, -0.25) is 19.8 Å². The summed E-state index contributed by atoms with van der Waals surface area (Å²) in [7, 11) is 0. The first-order valence-corrected chi connectivity index (χ1v) is 6.66. The van der Waals surface area contributed by atoms with E-state index < -0.39 is 16.4 Å². The van der Waals surface area contributed by atoms with Crippen molar-refractivity contribution in [1.29, 1.82) is 0 Å². The minimum Gasteiger partial charge on any atom is -0.480 e. The van der Waals surface area contributed by atoms with E-state index in [4.69, 9.17) is 0 Å². The van der Waals surface area contributed by atoms with Gasteiger partial charge in [0, 0.05) is 18.2 Å². The van der Waals surface area contributed by atoms with Crippen LogP contribution in [0.5, 0.6) is 0 Å². The molecule has 1 atom stereocenters. The Kier molecular flexibility index (Phi) is 4.04. The van der Waals surface area contributed by atoms with Crippen molar-refractivity contribution < 1.29 is 14.8 Å². The average molecular weight is 278 g/mol. The molecule has 1 aliphatic heterocycles. The highest BCUT2D eigenvalue weighted by Crippen LogP contribution is 2.30. The highest BCUT2D eigenvalue weighted by molar-refractivity contribution is 5.78. The van der Waals surface area contributed by atoms with Crippen LogP contribution >= 0.6 is 0 Å². The van der Waals surface area contributed by atoms with Gasteiger partial charge in [0.2, 0.25) is 0 Å². The number of hydrogen-bond acceptors (Lipinski definition) is 4. The number of nitro benzene ring substituents is 1. The maximum Gasteiger partial charge on any atom is 0.323 e. The first-order valence-electron chi connectivity index (χ1n) is 6.66. The fraction of sp³-hybridized carbons (Fsp3) is 0.500. The van der Waals surface area contributed by atoms with E-state index in [-0.39, 0.29) is 5.69 Å². The van der Waals surface area contributed by atoms with Crippen molar-refractivity contribution in [1.82, 2.24) is 4.90 Å². The fourth-order valence-electron chi connectivity index (χ4n) is 2.78. The summed E-state index contributed by atoms with van der Waals surface area (Å²) in [4.78, 5) is 23.8. The summed E-state index contributed by atoms with van der Waals surface area (Å²) in [5.41, 5.74) is -0.0929. The number of nitro groups is 1. The number of hydrogen-bond donors (Lipinski definition) is 1. The van der Waals surface area contributed by atoms with Gasteiger partial charge in [-0.05, 0) is 32.7 Å². The van der Waals surface area contributed by atoms with E-state index in [2.05, 4.69) is 0 Å². The minimum absolute atomic E-state index is 0.101. The molecule has 1 saturated heterocycles. The topological polar surface area (TPSA) is 83.7 Å².